The van der Waals surface area contributed by atoms with Crippen molar-refractivity contribution in [1.82, 2.24) is 0 Å². The zero-order chi connectivity index (χ0) is 15.2. The van der Waals surface area contributed by atoms with E-state index in [4.69, 9.17) is 10.5 Å². The Hall–Kier alpha value is -1.56. The number of nitrogens with zero attached hydrogens (tertiary/aromatic N) is 1. The number of methoxy groups -OCH3 is 1. The van der Waals surface area contributed by atoms with Crippen molar-refractivity contribution in [3.63, 3.8) is 0 Å². The highest BCUT2D eigenvalue weighted by atomic mass is 32.2. The number of rotatable bonds is 5. The normalized spacial score (nSPS) is 13.9. The first-order chi connectivity index (χ1) is 9.32. The van der Waals surface area contributed by atoms with E-state index >= 15 is 0 Å². The number of benzene rings is 1. The molecule has 0 amide bonds. The molecule has 3 N–H and O–H groups in total. The van der Waals surface area contributed by atoms with E-state index in [-0.39, 0.29) is 4.75 Å². The average molecular weight is 297 g/mol. The quantitative estimate of drug-likeness (QED) is 0.643. The zero-order valence-electron chi connectivity index (χ0n) is 12.5. The minimum Gasteiger partial charge on any atom is -0.497 e. The van der Waals surface area contributed by atoms with Crippen LogP contribution in [0.2, 0.25) is 0 Å². The second-order valence-corrected chi connectivity index (χ2v) is 7.61. The molecule has 0 aliphatic rings. The SMILES string of the molecule is COc1ccc(NC(N)=NCCS(=O)C(C)(C)C)cc1. The molecule has 0 aromatic heterocycles. The lowest BCUT2D eigenvalue weighted by atomic mass is 10.3. The monoisotopic (exact) mass is 297 g/mol. The number of hydrogen-bond acceptors (Lipinski definition) is 3. The molecule has 0 saturated carbocycles. The van der Waals surface area contributed by atoms with Gasteiger partial charge < -0.3 is 15.8 Å². The fraction of sp³-hybridized carbons (Fsp3) is 0.500. The van der Waals surface area contributed by atoms with Gasteiger partial charge in [-0.05, 0) is 45.0 Å². The van der Waals surface area contributed by atoms with Crippen molar-refractivity contribution in [2.45, 2.75) is 25.5 Å². The van der Waals surface area contributed by atoms with Gasteiger partial charge in [0.15, 0.2) is 5.96 Å². The van der Waals surface area contributed by atoms with Crippen molar-refractivity contribution in [2.24, 2.45) is 10.7 Å². The van der Waals surface area contributed by atoms with Gasteiger partial charge in [-0.1, -0.05) is 0 Å². The number of anilines is 1. The van der Waals surface area contributed by atoms with E-state index in [1.165, 1.54) is 0 Å². The fourth-order valence-corrected chi connectivity index (χ4v) is 2.29. The van der Waals surface area contributed by atoms with E-state index in [1.54, 1.807) is 7.11 Å². The predicted octanol–water partition coefficient (Wildman–Crippen LogP) is 1.97. The predicted molar refractivity (Wildman–Crippen MR) is 85.9 cm³/mol. The van der Waals surface area contributed by atoms with Gasteiger partial charge in [-0.2, -0.15) is 0 Å². The average Bonchev–Trinajstić information content (AvgIpc) is 2.38. The first-order valence-corrected chi connectivity index (χ1v) is 7.74. The second kappa shape index (κ2) is 7.28. The molecule has 20 heavy (non-hydrogen) atoms. The van der Waals surface area contributed by atoms with E-state index in [2.05, 4.69) is 10.3 Å². The van der Waals surface area contributed by atoms with Gasteiger partial charge in [-0.15, -0.1) is 0 Å². The highest BCUT2D eigenvalue weighted by molar-refractivity contribution is 7.86. The molecule has 1 rings (SSSR count). The van der Waals surface area contributed by atoms with Crippen LogP contribution in [0.4, 0.5) is 5.69 Å². The van der Waals surface area contributed by atoms with Gasteiger partial charge in [0, 0.05) is 27.0 Å². The zero-order valence-corrected chi connectivity index (χ0v) is 13.3. The Labute approximate surface area is 123 Å². The first-order valence-electron chi connectivity index (χ1n) is 6.42. The summed E-state index contributed by atoms with van der Waals surface area (Å²) in [6, 6.07) is 7.39. The third kappa shape index (κ3) is 5.61. The van der Waals surface area contributed by atoms with Gasteiger partial charge in [0.25, 0.3) is 0 Å². The molecular formula is C14H23N3O2S. The molecular weight excluding hydrogens is 274 g/mol. The molecule has 0 heterocycles. The summed E-state index contributed by atoms with van der Waals surface area (Å²) in [5.74, 6) is 1.61. The third-order valence-electron chi connectivity index (χ3n) is 2.60. The summed E-state index contributed by atoms with van der Waals surface area (Å²) < 4.78 is 16.7. The summed E-state index contributed by atoms with van der Waals surface area (Å²) in [6.07, 6.45) is 0. The van der Waals surface area contributed by atoms with Crippen molar-refractivity contribution >= 4 is 22.4 Å². The van der Waals surface area contributed by atoms with E-state index in [0.29, 0.717) is 18.3 Å². The summed E-state index contributed by atoms with van der Waals surface area (Å²) in [6.45, 7) is 6.29. The molecule has 0 spiro atoms. The molecule has 0 aliphatic carbocycles. The first kappa shape index (κ1) is 16.5. The Morgan fingerprint density at radius 2 is 1.95 bits per heavy atom. The summed E-state index contributed by atoms with van der Waals surface area (Å²) >= 11 is 0. The Morgan fingerprint density at radius 1 is 1.35 bits per heavy atom. The van der Waals surface area contributed by atoms with Crippen LogP contribution < -0.4 is 15.8 Å². The van der Waals surface area contributed by atoms with Crippen LogP contribution in [-0.4, -0.2) is 34.3 Å². The molecule has 1 unspecified atom stereocenters. The largest absolute Gasteiger partial charge is 0.497 e. The maximum atomic E-state index is 11.8. The van der Waals surface area contributed by atoms with Gasteiger partial charge in [-0.3, -0.25) is 9.20 Å². The van der Waals surface area contributed by atoms with Crippen LogP contribution in [0, 0.1) is 0 Å². The lowest BCUT2D eigenvalue weighted by molar-refractivity contribution is 0.415. The van der Waals surface area contributed by atoms with Crippen LogP contribution in [0.1, 0.15) is 20.8 Å². The van der Waals surface area contributed by atoms with Crippen molar-refractivity contribution in [3.8, 4) is 5.75 Å². The minimum atomic E-state index is -0.912. The number of ether oxygens (including phenoxy) is 1. The molecule has 5 nitrogen and oxygen atoms in total. The molecule has 0 aliphatic heterocycles. The topological polar surface area (TPSA) is 76.7 Å². The van der Waals surface area contributed by atoms with Gasteiger partial charge >= 0.3 is 0 Å². The summed E-state index contributed by atoms with van der Waals surface area (Å²) in [4.78, 5) is 4.17. The van der Waals surface area contributed by atoms with Gasteiger partial charge in [0.1, 0.15) is 5.75 Å². The second-order valence-electron chi connectivity index (χ2n) is 5.28. The third-order valence-corrected chi connectivity index (χ3v) is 4.52. The number of nitrogens with one attached hydrogen (secondary N) is 1. The maximum Gasteiger partial charge on any atom is 0.193 e. The molecule has 112 valence electrons. The number of guanidine groups is 1. The lowest BCUT2D eigenvalue weighted by Crippen LogP contribution is -2.27. The Morgan fingerprint density at radius 3 is 2.45 bits per heavy atom. The molecule has 1 aromatic carbocycles. The van der Waals surface area contributed by atoms with Crippen LogP contribution in [0.5, 0.6) is 5.75 Å². The summed E-state index contributed by atoms with van der Waals surface area (Å²) in [5.41, 5.74) is 6.62. The molecule has 1 atom stereocenters. The highest BCUT2D eigenvalue weighted by Gasteiger charge is 2.18. The van der Waals surface area contributed by atoms with Crippen LogP contribution in [0.25, 0.3) is 0 Å². The summed E-state index contributed by atoms with van der Waals surface area (Å²) in [7, 11) is 0.707. The molecule has 0 radical (unpaired) electrons. The molecule has 1 aromatic rings. The van der Waals surface area contributed by atoms with Crippen molar-refractivity contribution < 1.29 is 8.95 Å². The summed E-state index contributed by atoms with van der Waals surface area (Å²) in [5, 5.41) is 2.98. The van der Waals surface area contributed by atoms with Gasteiger partial charge in [0.2, 0.25) is 0 Å². The number of hydrogen-bond donors (Lipinski definition) is 2. The van der Waals surface area contributed by atoms with Crippen molar-refractivity contribution in [2.75, 3.05) is 24.7 Å². The van der Waals surface area contributed by atoms with Crippen LogP contribution in [0.15, 0.2) is 29.3 Å². The maximum absolute atomic E-state index is 11.8. The van der Waals surface area contributed by atoms with Crippen LogP contribution in [-0.2, 0) is 10.8 Å². The smallest absolute Gasteiger partial charge is 0.193 e. The van der Waals surface area contributed by atoms with E-state index in [9.17, 15) is 4.21 Å². The standard InChI is InChI=1S/C14H23N3O2S/c1-14(2,3)20(18)10-9-16-13(15)17-11-5-7-12(19-4)8-6-11/h5-8H,9-10H2,1-4H3,(H3,15,16,17). The number of nitrogens with two attached hydrogens (primary N) is 1. The highest BCUT2D eigenvalue weighted by Crippen LogP contribution is 2.14. The Balaban J connectivity index is 2.47. The van der Waals surface area contributed by atoms with Crippen LogP contribution >= 0.6 is 0 Å². The van der Waals surface area contributed by atoms with E-state index < -0.39 is 10.8 Å². The van der Waals surface area contributed by atoms with E-state index in [1.807, 2.05) is 45.0 Å². The van der Waals surface area contributed by atoms with Crippen molar-refractivity contribution in [3.05, 3.63) is 24.3 Å². The number of aliphatic imine (C=N–C) groups is 1. The molecule has 0 fully saturated rings. The van der Waals surface area contributed by atoms with Crippen LogP contribution in [0.3, 0.4) is 0 Å². The minimum absolute atomic E-state index is 0.215. The molecule has 0 bridgehead atoms. The molecule has 0 saturated heterocycles. The van der Waals surface area contributed by atoms with Gasteiger partial charge in [0.05, 0.1) is 13.7 Å². The fourth-order valence-electron chi connectivity index (χ4n) is 1.42. The molecule has 6 heteroatoms. The van der Waals surface area contributed by atoms with Crippen molar-refractivity contribution in [1.29, 1.82) is 0 Å². The Bertz CT molecular complexity index is 478. The lowest BCUT2D eigenvalue weighted by Gasteiger charge is -2.16. The van der Waals surface area contributed by atoms with Gasteiger partial charge in [-0.25, -0.2) is 0 Å². The Kier molecular flexibility index (Phi) is 6.01. The van der Waals surface area contributed by atoms with E-state index in [0.717, 1.165) is 11.4 Å².